The summed E-state index contributed by atoms with van der Waals surface area (Å²) in [6, 6.07) is 0. The van der Waals surface area contributed by atoms with Crippen LogP contribution in [0, 0.1) is 5.92 Å². The molecule has 0 radical (unpaired) electrons. The van der Waals surface area contributed by atoms with Crippen molar-refractivity contribution >= 4 is 5.78 Å². The lowest BCUT2D eigenvalue weighted by Crippen LogP contribution is -2.49. The van der Waals surface area contributed by atoms with Gasteiger partial charge in [-0.05, 0) is 13.5 Å². The molecule has 0 saturated carbocycles. The van der Waals surface area contributed by atoms with Crippen LogP contribution < -0.4 is 0 Å². The van der Waals surface area contributed by atoms with E-state index in [2.05, 4.69) is 23.8 Å². The fraction of sp³-hybridized carbons (Fsp3) is 0.923. The SMILES string of the molecule is CCC1CN(CC2CN(C)CCO2)CCC1=O. The van der Waals surface area contributed by atoms with Gasteiger partial charge in [0, 0.05) is 45.1 Å². The van der Waals surface area contributed by atoms with E-state index in [0.29, 0.717) is 11.9 Å². The van der Waals surface area contributed by atoms with Crippen LogP contribution in [0.1, 0.15) is 19.8 Å². The summed E-state index contributed by atoms with van der Waals surface area (Å²) in [5.41, 5.74) is 0. The van der Waals surface area contributed by atoms with Crippen molar-refractivity contribution in [3.8, 4) is 0 Å². The van der Waals surface area contributed by atoms with Gasteiger partial charge in [-0.3, -0.25) is 9.69 Å². The van der Waals surface area contributed by atoms with Crippen LogP contribution >= 0.6 is 0 Å². The van der Waals surface area contributed by atoms with Crippen LogP contribution in [0.25, 0.3) is 0 Å². The van der Waals surface area contributed by atoms with Crippen molar-refractivity contribution in [2.75, 3.05) is 46.4 Å². The van der Waals surface area contributed by atoms with Crippen LogP contribution in [0.5, 0.6) is 0 Å². The second kappa shape index (κ2) is 5.94. The first-order valence-electron chi connectivity index (χ1n) is 6.74. The zero-order valence-electron chi connectivity index (χ0n) is 11.0. The number of Topliss-reactive ketones (excluding diaryl/α,β-unsaturated/α-hetero) is 1. The third-order valence-corrected chi connectivity index (χ3v) is 3.90. The highest BCUT2D eigenvalue weighted by Crippen LogP contribution is 2.17. The third-order valence-electron chi connectivity index (χ3n) is 3.90. The molecule has 17 heavy (non-hydrogen) atoms. The second-order valence-corrected chi connectivity index (χ2v) is 5.34. The van der Waals surface area contributed by atoms with Gasteiger partial charge in [-0.15, -0.1) is 0 Å². The Labute approximate surface area is 104 Å². The number of likely N-dealkylation sites (N-methyl/N-ethyl adjacent to an activating group) is 1. The van der Waals surface area contributed by atoms with E-state index in [-0.39, 0.29) is 5.92 Å². The van der Waals surface area contributed by atoms with Crippen LogP contribution in [0.15, 0.2) is 0 Å². The van der Waals surface area contributed by atoms with E-state index in [1.807, 2.05) is 0 Å². The van der Waals surface area contributed by atoms with Crippen molar-refractivity contribution < 1.29 is 9.53 Å². The number of rotatable bonds is 3. The predicted octanol–water partition coefficient (Wildman–Crippen LogP) is 0.618. The topological polar surface area (TPSA) is 32.8 Å². The van der Waals surface area contributed by atoms with Crippen LogP contribution in [0.4, 0.5) is 0 Å². The van der Waals surface area contributed by atoms with Gasteiger partial charge in [0.25, 0.3) is 0 Å². The van der Waals surface area contributed by atoms with Gasteiger partial charge < -0.3 is 9.64 Å². The molecule has 2 unspecified atom stereocenters. The number of likely N-dealkylation sites (tertiary alicyclic amines) is 1. The van der Waals surface area contributed by atoms with Gasteiger partial charge in [-0.1, -0.05) is 6.92 Å². The minimum Gasteiger partial charge on any atom is -0.374 e. The molecule has 0 amide bonds. The molecule has 0 N–H and O–H groups in total. The van der Waals surface area contributed by atoms with Gasteiger partial charge in [0.15, 0.2) is 0 Å². The minimum atomic E-state index is 0.255. The summed E-state index contributed by atoms with van der Waals surface area (Å²) < 4.78 is 5.78. The number of ether oxygens (including phenoxy) is 1. The van der Waals surface area contributed by atoms with E-state index < -0.39 is 0 Å². The van der Waals surface area contributed by atoms with E-state index in [9.17, 15) is 4.79 Å². The largest absolute Gasteiger partial charge is 0.374 e. The maximum absolute atomic E-state index is 11.6. The minimum absolute atomic E-state index is 0.255. The van der Waals surface area contributed by atoms with Crippen molar-refractivity contribution in [2.45, 2.75) is 25.9 Å². The zero-order chi connectivity index (χ0) is 12.3. The number of ketones is 1. The highest BCUT2D eigenvalue weighted by Gasteiger charge is 2.28. The monoisotopic (exact) mass is 240 g/mol. The van der Waals surface area contributed by atoms with Gasteiger partial charge in [-0.25, -0.2) is 0 Å². The molecule has 0 bridgehead atoms. The van der Waals surface area contributed by atoms with E-state index in [4.69, 9.17) is 4.74 Å². The molecule has 0 aromatic carbocycles. The Morgan fingerprint density at radius 2 is 2.18 bits per heavy atom. The van der Waals surface area contributed by atoms with Crippen molar-refractivity contribution in [2.24, 2.45) is 5.92 Å². The first kappa shape index (κ1) is 13.0. The Hall–Kier alpha value is -0.450. The van der Waals surface area contributed by atoms with Crippen LogP contribution in [-0.2, 0) is 9.53 Å². The van der Waals surface area contributed by atoms with E-state index in [1.54, 1.807) is 0 Å². The van der Waals surface area contributed by atoms with Crippen molar-refractivity contribution in [1.29, 1.82) is 0 Å². The van der Waals surface area contributed by atoms with Gasteiger partial charge in [0.2, 0.25) is 0 Å². The fourth-order valence-electron chi connectivity index (χ4n) is 2.77. The molecule has 0 spiro atoms. The van der Waals surface area contributed by atoms with Crippen LogP contribution in [-0.4, -0.2) is 68.1 Å². The molecule has 0 aliphatic carbocycles. The summed E-state index contributed by atoms with van der Waals surface area (Å²) in [6.45, 7) is 7.82. The normalized spacial score (nSPS) is 32.9. The average molecular weight is 240 g/mol. The molecule has 0 aromatic heterocycles. The van der Waals surface area contributed by atoms with Crippen LogP contribution in [0.3, 0.4) is 0 Å². The molecule has 2 fully saturated rings. The number of nitrogens with zero attached hydrogens (tertiary/aromatic N) is 2. The maximum Gasteiger partial charge on any atom is 0.138 e. The zero-order valence-corrected chi connectivity index (χ0v) is 11.0. The van der Waals surface area contributed by atoms with E-state index in [0.717, 1.165) is 52.2 Å². The summed E-state index contributed by atoms with van der Waals surface area (Å²) >= 11 is 0. The average Bonchev–Trinajstić information content (AvgIpc) is 2.32. The first-order chi connectivity index (χ1) is 8.19. The summed E-state index contributed by atoms with van der Waals surface area (Å²) in [5.74, 6) is 0.704. The predicted molar refractivity (Wildman–Crippen MR) is 67.1 cm³/mol. The van der Waals surface area contributed by atoms with Gasteiger partial charge in [0.1, 0.15) is 5.78 Å². The van der Waals surface area contributed by atoms with Crippen LogP contribution in [0.2, 0.25) is 0 Å². The number of piperidine rings is 1. The number of hydrogen-bond acceptors (Lipinski definition) is 4. The second-order valence-electron chi connectivity index (χ2n) is 5.34. The number of morpholine rings is 1. The maximum atomic E-state index is 11.6. The number of hydrogen-bond donors (Lipinski definition) is 0. The highest BCUT2D eigenvalue weighted by atomic mass is 16.5. The molecule has 2 atom stereocenters. The Balaban J connectivity index is 1.80. The quantitative estimate of drug-likeness (QED) is 0.724. The molecule has 2 rings (SSSR count). The molecule has 0 aromatic rings. The summed E-state index contributed by atoms with van der Waals surface area (Å²) in [6.07, 6.45) is 2.02. The van der Waals surface area contributed by atoms with E-state index in [1.165, 1.54) is 0 Å². The summed E-state index contributed by atoms with van der Waals surface area (Å²) in [4.78, 5) is 16.4. The molecular weight excluding hydrogens is 216 g/mol. The summed E-state index contributed by atoms with van der Waals surface area (Å²) in [5, 5.41) is 0. The van der Waals surface area contributed by atoms with Crippen molar-refractivity contribution in [3.63, 3.8) is 0 Å². The molecule has 2 aliphatic heterocycles. The molecule has 98 valence electrons. The molecule has 2 aliphatic rings. The Morgan fingerprint density at radius 1 is 1.35 bits per heavy atom. The smallest absolute Gasteiger partial charge is 0.138 e. The molecule has 2 saturated heterocycles. The fourth-order valence-corrected chi connectivity index (χ4v) is 2.77. The van der Waals surface area contributed by atoms with Crippen molar-refractivity contribution in [3.05, 3.63) is 0 Å². The standard InChI is InChI=1S/C13H24N2O2/c1-3-11-8-15(5-4-13(11)16)10-12-9-14(2)6-7-17-12/h11-12H,3-10H2,1-2H3. The van der Waals surface area contributed by atoms with Crippen molar-refractivity contribution in [1.82, 2.24) is 9.80 Å². The lowest BCUT2D eigenvalue weighted by molar-refractivity contribution is -0.127. The molecule has 2 heterocycles. The first-order valence-corrected chi connectivity index (χ1v) is 6.74. The van der Waals surface area contributed by atoms with Gasteiger partial charge in [-0.2, -0.15) is 0 Å². The molecule has 4 heteroatoms. The van der Waals surface area contributed by atoms with E-state index >= 15 is 0 Å². The molecule has 4 nitrogen and oxygen atoms in total. The highest BCUT2D eigenvalue weighted by molar-refractivity contribution is 5.82. The van der Waals surface area contributed by atoms with Gasteiger partial charge in [0.05, 0.1) is 12.7 Å². The third kappa shape index (κ3) is 3.50. The lowest BCUT2D eigenvalue weighted by atomic mass is 9.94. The Morgan fingerprint density at radius 3 is 2.88 bits per heavy atom. The van der Waals surface area contributed by atoms with Gasteiger partial charge >= 0.3 is 0 Å². The number of carbonyl (C=O) groups excluding carboxylic acids is 1. The molecular formula is C13H24N2O2. The summed E-state index contributed by atoms with van der Waals surface area (Å²) in [7, 11) is 2.14. The Kier molecular flexibility index (Phi) is 4.54. The Bertz CT molecular complexity index is 270. The lowest BCUT2D eigenvalue weighted by Gasteiger charge is -2.37. The number of carbonyl (C=O) groups is 1.